The van der Waals surface area contributed by atoms with E-state index >= 15 is 0 Å². The van der Waals surface area contributed by atoms with Crippen LogP contribution in [-0.2, 0) is 11.2 Å². The molecule has 1 atom stereocenters. The van der Waals surface area contributed by atoms with Gasteiger partial charge in [0.25, 0.3) is 5.91 Å². The quantitative estimate of drug-likeness (QED) is 0.912. The first-order chi connectivity index (χ1) is 10.5. The number of amides is 2. The van der Waals surface area contributed by atoms with Crippen molar-refractivity contribution >= 4 is 29.1 Å². The molecule has 0 aliphatic carbocycles. The third kappa shape index (κ3) is 2.99. The lowest BCUT2D eigenvalue weighted by Crippen LogP contribution is -2.26. The van der Waals surface area contributed by atoms with Crippen molar-refractivity contribution in [2.24, 2.45) is 0 Å². The molecule has 3 rings (SSSR count). The summed E-state index contributed by atoms with van der Waals surface area (Å²) in [5.74, 6) is -0.0937. The number of furan rings is 1. The summed E-state index contributed by atoms with van der Waals surface area (Å²) in [6.45, 7) is 1.89. The molecule has 2 N–H and O–H groups in total. The van der Waals surface area contributed by atoms with Crippen molar-refractivity contribution in [3.63, 3.8) is 0 Å². The molecule has 114 valence electrons. The molecule has 0 bridgehead atoms. The van der Waals surface area contributed by atoms with Gasteiger partial charge in [-0.2, -0.15) is 0 Å². The summed E-state index contributed by atoms with van der Waals surface area (Å²) in [7, 11) is 0. The van der Waals surface area contributed by atoms with Crippen LogP contribution in [0.1, 0.15) is 41.1 Å². The summed E-state index contributed by atoms with van der Waals surface area (Å²) >= 11 is 5.67. The molecule has 1 aliphatic rings. The number of nitrogens with one attached hydrogen (secondary N) is 2. The maximum atomic E-state index is 12.1. The molecule has 2 aromatic rings. The van der Waals surface area contributed by atoms with E-state index in [2.05, 4.69) is 10.6 Å². The van der Waals surface area contributed by atoms with E-state index in [9.17, 15) is 9.59 Å². The zero-order valence-electron chi connectivity index (χ0n) is 12.0. The van der Waals surface area contributed by atoms with Crippen LogP contribution in [0, 0.1) is 0 Å². The van der Waals surface area contributed by atoms with E-state index in [4.69, 9.17) is 16.0 Å². The monoisotopic (exact) mass is 318 g/mol. The van der Waals surface area contributed by atoms with Crippen molar-refractivity contribution in [1.82, 2.24) is 5.32 Å². The predicted molar refractivity (Wildman–Crippen MR) is 83.0 cm³/mol. The summed E-state index contributed by atoms with van der Waals surface area (Å²) < 4.78 is 5.09. The fourth-order valence-electron chi connectivity index (χ4n) is 2.46. The number of hydrogen-bond donors (Lipinski definition) is 2. The Morgan fingerprint density at radius 2 is 2.14 bits per heavy atom. The van der Waals surface area contributed by atoms with Crippen molar-refractivity contribution in [1.29, 1.82) is 0 Å². The number of fused-ring (bicyclic) bond motifs is 1. The zero-order chi connectivity index (χ0) is 15.7. The van der Waals surface area contributed by atoms with E-state index in [0.717, 1.165) is 16.8 Å². The van der Waals surface area contributed by atoms with Crippen molar-refractivity contribution in [2.45, 2.75) is 25.8 Å². The van der Waals surface area contributed by atoms with Gasteiger partial charge in [0.1, 0.15) is 0 Å². The maximum Gasteiger partial charge on any atom is 0.287 e. The standard InChI is InChI=1S/C16H15ClN2O3/c1-9(18-16(21)13-5-6-14(17)22-13)10-2-4-12-11(8-10)3-7-15(20)19-12/h2,4-6,8-9H,3,7H2,1H3,(H,18,21)(H,19,20). The van der Waals surface area contributed by atoms with Gasteiger partial charge in [0.15, 0.2) is 11.0 Å². The smallest absolute Gasteiger partial charge is 0.287 e. The van der Waals surface area contributed by atoms with Crippen molar-refractivity contribution in [2.75, 3.05) is 5.32 Å². The van der Waals surface area contributed by atoms with Gasteiger partial charge in [-0.3, -0.25) is 9.59 Å². The van der Waals surface area contributed by atoms with Gasteiger partial charge in [-0.1, -0.05) is 12.1 Å². The van der Waals surface area contributed by atoms with Crippen LogP contribution in [0.2, 0.25) is 5.22 Å². The Morgan fingerprint density at radius 1 is 1.32 bits per heavy atom. The minimum atomic E-state index is -0.314. The molecule has 1 unspecified atom stereocenters. The third-order valence-electron chi connectivity index (χ3n) is 3.67. The molecule has 0 spiro atoms. The van der Waals surface area contributed by atoms with Gasteiger partial charge in [-0.25, -0.2) is 0 Å². The summed E-state index contributed by atoms with van der Waals surface area (Å²) in [5.41, 5.74) is 2.90. The fraction of sp³-hybridized carbons (Fsp3) is 0.250. The summed E-state index contributed by atoms with van der Waals surface area (Å²) in [6.07, 6.45) is 1.20. The number of carbonyl (C=O) groups is 2. The highest BCUT2D eigenvalue weighted by Gasteiger charge is 2.18. The second-order valence-electron chi connectivity index (χ2n) is 5.26. The van der Waals surface area contributed by atoms with Gasteiger partial charge < -0.3 is 15.1 Å². The molecule has 1 aromatic carbocycles. The van der Waals surface area contributed by atoms with Gasteiger partial charge in [-0.15, -0.1) is 0 Å². The van der Waals surface area contributed by atoms with Crippen LogP contribution in [0.15, 0.2) is 34.7 Å². The zero-order valence-corrected chi connectivity index (χ0v) is 12.7. The minimum absolute atomic E-state index is 0.0382. The Balaban J connectivity index is 1.74. The van der Waals surface area contributed by atoms with Gasteiger partial charge >= 0.3 is 0 Å². The van der Waals surface area contributed by atoms with Crippen LogP contribution in [0.4, 0.5) is 5.69 Å². The van der Waals surface area contributed by atoms with E-state index in [1.54, 1.807) is 0 Å². The molecule has 6 heteroatoms. The van der Waals surface area contributed by atoms with Crippen LogP contribution >= 0.6 is 11.6 Å². The lowest BCUT2D eigenvalue weighted by molar-refractivity contribution is -0.116. The van der Waals surface area contributed by atoms with Gasteiger partial charge in [0.05, 0.1) is 6.04 Å². The van der Waals surface area contributed by atoms with Crippen LogP contribution < -0.4 is 10.6 Å². The Morgan fingerprint density at radius 3 is 2.86 bits per heavy atom. The topological polar surface area (TPSA) is 71.3 Å². The number of hydrogen-bond acceptors (Lipinski definition) is 3. The molecule has 5 nitrogen and oxygen atoms in total. The average Bonchev–Trinajstić information content (AvgIpc) is 2.93. The molecular weight excluding hydrogens is 304 g/mol. The minimum Gasteiger partial charge on any atom is -0.440 e. The molecule has 1 aromatic heterocycles. The highest BCUT2D eigenvalue weighted by Crippen LogP contribution is 2.26. The first kappa shape index (κ1) is 14.7. The third-order valence-corrected chi connectivity index (χ3v) is 3.87. The van der Waals surface area contributed by atoms with Gasteiger partial charge in [0.2, 0.25) is 5.91 Å². The first-order valence-corrected chi connectivity index (χ1v) is 7.39. The molecule has 1 aliphatic heterocycles. The predicted octanol–water partition coefficient (Wildman–Crippen LogP) is 3.31. The summed E-state index contributed by atoms with van der Waals surface area (Å²) in [5, 5.41) is 5.88. The van der Waals surface area contributed by atoms with Crippen LogP contribution in [0.5, 0.6) is 0 Å². The number of rotatable bonds is 3. The van der Waals surface area contributed by atoms with Crippen molar-refractivity contribution < 1.29 is 14.0 Å². The molecule has 0 fully saturated rings. The SMILES string of the molecule is CC(NC(=O)c1ccc(Cl)o1)c1ccc2c(c1)CCC(=O)N2. The van der Waals surface area contributed by atoms with E-state index in [1.165, 1.54) is 12.1 Å². The Labute approximate surface area is 132 Å². The van der Waals surface area contributed by atoms with E-state index in [1.807, 2.05) is 25.1 Å². The average molecular weight is 319 g/mol. The number of anilines is 1. The number of halogens is 1. The summed E-state index contributed by atoms with van der Waals surface area (Å²) in [4.78, 5) is 23.4. The highest BCUT2D eigenvalue weighted by molar-refractivity contribution is 6.29. The highest BCUT2D eigenvalue weighted by atomic mass is 35.5. The molecule has 0 saturated heterocycles. The van der Waals surface area contributed by atoms with Crippen LogP contribution in [0.3, 0.4) is 0 Å². The summed E-state index contributed by atoms with van der Waals surface area (Å²) in [6, 6.07) is 8.66. The van der Waals surface area contributed by atoms with Crippen molar-refractivity contribution in [3.05, 3.63) is 52.4 Å². The normalized spacial score (nSPS) is 14.9. The Hall–Kier alpha value is -2.27. The Bertz CT molecular complexity index is 739. The number of aryl methyl sites for hydroxylation is 1. The van der Waals surface area contributed by atoms with Crippen molar-refractivity contribution in [3.8, 4) is 0 Å². The first-order valence-electron chi connectivity index (χ1n) is 7.02. The number of benzene rings is 1. The largest absolute Gasteiger partial charge is 0.440 e. The Kier molecular flexibility index (Phi) is 3.90. The lowest BCUT2D eigenvalue weighted by atomic mass is 9.98. The second kappa shape index (κ2) is 5.85. The van der Waals surface area contributed by atoms with Crippen LogP contribution in [0.25, 0.3) is 0 Å². The maximum absolute atomic E-state index is 12.1. The molecule has 2 heterocycles. The second-order valence-corrected chi connectivity index (χ2v) is 5.64. The van der Waals surface area contributed by atoms with Crippen LogP contribution in [-0.4, -0.2) is 11.8 Å². The van der Waals surface area contributed by atoms with E-state index in [-0.39, 0.29) is 28.8 Å². The van der Waals surface area contributed by atoms with E-state index in [0.29, 0.717) is 12.8 Å². The number of carbonyl (C=O) groups excluding carboxylic acids is 2. The van der Waals surface area contributed by atoms with Gasteiger partial charge in [-0.05, 0) is 54.3 Å². The van der Waals surface area contributed by atoms with Gasteiger partial charge in [0, 0.05) is 12.1 Å². The molecule has 2 amide bonds. The molecule has 22 heavy (non-hydrogen) atoms. The molecular formula is C16H15ClN2O3. The lowest BCUT2D eigenvalue weighted by Gasteiger charge is -2.20. The fourth-order valence-corrected chi connectivity index (χ4v) is 2.61. The molecule has 0 radical (unpaired) electrons. The van der Waals surface area contributed by atoms with E-state index < -0.39 is 0 Å². The molecule has 0 saturated carbocycles.